The van der Waals surface area contributed by atoms with Gasteiger partial charge in [0.25, 0.3) is 0 Å². The van der Waals surface area contributed by atoms with E-state index in [-0.39, 0.29) is 11.7 Å². The molecular weight excluding hydrogens is 441 g/mol. The maximum Gasteiger partial charge on any atom is 0.324 e. The zero-order chi connectivity index (χ0) is 22.8. The van der Waals surface area contributed by atoms with Crippen molar-refractivity contribution < 1.29 is 13.7 Å². The zero-order valence-corrected chi connectivity index (χ0v) is 19.9. The van der Waals surface area contributed by atoms with Crippen LogP contribution in [0, 0.1) is 23.6 Å². The van der Waals surface area contributed by atoms with E-state index in [1.165, 1.54) is 36.7 Å². The normalized spacial score (nSPS) is 21.0. The Balaban J connectivity index is 1.03. The van der Waals surface area contributed by atoms with Gasteiger partial charge >= 0.3 is 6.01 Å². The SMILES string of the molecule is CC(C)c1noc(N2CCC(C3CC3CCOc3ccc(Cc4nncs4)c(F)c3)CC2)n1. The molecule has 7 nitrogen and oxygen atoms in total. The van der Waals surface area contributed by atoms with Crippen molar-refractivity contribution in [2.75, 3.05) is 24.6 Å². The third-order valence-electron chi connectivity index (χ3n) is 6.87. The van der Waals surface area contributed by atoms with Gasteiger partial charge in [-0.3, -0.25) is 0 Å². The Morgan fingerprint density at radius 2 is 2.12 bits per heavy atom. The van der Waals surface area contributed by atoms with Gasteiger partial charge in [-0.2, -0.15) is 4.98 Å². The maximum absolute atomic E-state index is 14.4. The summed E-state index contributed by atoms with van der Waals surface area (Å²) in [7, 11) is 0. The van der Waals surface area contributed by atoms with Gasteiger partial charge in [-0.05, 0) is 55.1 Å². The molecule has 1 aliphatic heterocycles. The number of anilines is 1. The van der Waals surface area contributed by atoms with Crippen LogP contribution in [0.15, 0.2) is 28.2 Å². The summed E-state index contributed by atoms with van der Waals surface area (Å²) >= 11 is 1.43. The second-order valence-electron chi connectivity index (χ2n) is 9.47. The highest BCUT2D eigenvalue weighted by atomic mass is 32.1. The standard InChI is InChI=1S/C24H30FN5O2S/c1-15(2)23-27-24(32-29-23)30-8-5-16(6-9-30)20-11-17(20)7-10-31-19-4-3-18(21(25)13-19)12-22-28-26-14-33-22/h3-4,13-17,20H,5-12H2,1-2H3. The molecule has 2 fully saturated rings. The molecule has 2 atom stereocenters. The van der Waals surface area contributed by atoms with Crippen molar-refractivity contribution in [3.8, 4) is 5.75 Å². The minimum atomic E-state index is -0.250. The molecule has 3 heterocycles. The van der Waals surface area contributed by atoms with Gasteiger partial charge in [-0.15, -0.1) is 21.5 Å². The van der Waals surface area contributed by atoms with Crippen LogP contribution in [0.3, 0.4) is 0 Å². The molecular formula is C24H30FN5O2S. The highest BCUT2D eigenvalue weighted by Crippen LogP contribution is 2.50. The van der Waals surface area contributed by atoms with E-state index in [0.717, 1.165) is 48.1 Å². The van der Waals surface area contributed by atoms with E-state index in [1.54, 1.807) is 11.6 Å². The lowest BCUT2D eigenvalue weighted by Gasteiger charge is -2.30. The van der Waals surface area contributed by atoms with Gasteiger partial charge in [-0.1, -0.05) is 25.1 Å². The quantitative estimate of drug-likeness (QED) is 0.430. The molecule has 2 aliphatic rings. The second-order valence-corrected chi connectivity index (χ2v) is 10.4. The average molecular weight is 472 g/mol. The molecule has 2 unspecified atom stereocenters. The topological polar surface area (TPSA) is 77.2 Å². The molecule has 9 heteroatoms. The summed E-state index contributed by atoms with van der Waals surface area (Å²) in [6.07, 6.45) is 5.11. The van der Waals surface area contributed by atoms with Crippen molar-refractivity contribution in [2.24, 2.45) is 17.8 Å². The summed E-state index contributed by atoms with van der Waals surface area (Å²) in [4.78, 5) is 6.75. The fourth-order valence-electron chi connectivity index (χ4n) is 4.81. The van der Waals surface area contributed by atoms with Crippen LogP contribution in [0.2, 0.25) is 0 Å². The van der Waals surface area contributed by atoms with E-state index in [1.807, 2.05) is 6.07 Å². The van der Waals surface area contributed by atoms with E-state index >= 15 is 0 Å². The van der Waals surface area contributed by atoms with Crippen LogP contribution in [-0.4, -0.2) is 40.0 Å². The van der Waals surface area contributed by atoms with E-state index in [0.29, 0.717) is 30.4 Å². The second kappa shape index (κ2) is 9.75. The Labute approximate surface area is 197 Å². The molecule has 0 bridgehead atoms. The highest BCUT2D eigenvalue weighted by Gasteiger charge is 2.43. The third kappa shape index (κ3) is 5.34. The zero-order valence-electron chi connectivity index (χ0n) is 19.1. The number of benzene rings is 1. The van der Waals surface area contributed by atoms with E-state index in [2.05, 4.69) is 39.1 Å². The van der Waals surface area contributed by atoms with Gasteiger partial charge in [0.15, 0.2) is 5.82 Å². The van der Waals surface area contributed by atoms with Crippen LogP contribution >= 0.6 is 11.3 Å². The molecule has 0 radical (unpaired) electrons. The van der Waals surface area contributed by atoms with Gasteiger partial charge in [0.1, 0.15) is 22.1 Å². The van der Waals surface area contributed by atoms with E-state index in [4.69, 9.17) is 9.26 Å². The van der Waals surface area contributed by atoms with Crippen molar-refractivity contribution >= 4 is 17.4 Å². The van der Waals surface area contributed by atoms with Gasteiger partial charge in [0, 0.05) is 31.5 Å². The molecule has 1 aromatic carbocycles. The summed E-state index contributed by atoms with van der Waals surface area (Å²) in [6.45, 7) is 6.74. The molecule has 176 valence electrons. The van der Waals surface area contributed by atoms with Gasteiger partial charge in [0.2, 0.25) is 0 Å². The number of piperidine rings is 1. The fourth-order valence-corrected chi connectivity index (χ4v) is 5.36. The van der Waals surface area contributed by atoms with Crippen molar-refractivity contribution in [3.05, 3.63) is 45.9 Å². The molecule has 0 amide bonds. The average Bonchev–Trinajstić information content (AvgIpc) is 3.17. The van der Waals surface area contributed by atoms with Gasteiger partial charge in [-0.25, -0.2) is 4.39 Å². The maximum atomic E-state index is 14.4. The third-order valence-corrected chi connectivity index (χ3v) is 7.57. The molecule has 1 aliphatic carbocycles. The van der Waals surface area contributed by atoms with Crippen LogP contribution < -0.4 is 9.64 Å². The minimum absolute atomic E-state index is 0.250. The van der Waals surface area contributed by atoms with Crippen molar-refractivity contribution in [3.63, 3.8) is 0 Å². The summed E-state index contributed by atoms with van der Waals surface area (Å²) < 4.78 is 25.7. The van der Waals surface area contributed by atoms with Gasteiger partial charge < -0.3 is 14.2 Å². The van der Waals surface area contributed by atoms with Crippen molar-refractivity contribution in [2.45, 2.75) is 51.9 Å². The van der Waals surface area contributed by atoms with Crippen LogP contribution in [-0.2, 0) is 6.42 Å². The molecule has 1 saturated heterocycles. The minimum Gasteiger partial charge on any atom is -0.493 e. The molecule has 1 saturated carbocycles. The Kier molecular flexibility index (Phi) is 6.57. The largest absolute Gasteiger partial charge is 0.493 e. The van der Waals surface area contributed by atoms with Crippen LogP contribution in [0.1, 0.15) is 61.8 Å². The Morgan fingerprint density at radius 1 is 1.27 bits per heavy atom. The summed E-state index contributed by atoms with van der Waals surface area (Å²) in [6, 6.07) is 5.78. The number of halogens is 1. The highest BCUT2D eigenvalue weighted by molar-refractivity contribution is 7.09. The Hall–Kier alpha value is -2.55. The number of hydrogen-bond donors (Lipinski definition) is 0. The van der Waals surface area contributed by atoms with Crippen LogP contribution in [0.5, 0.6) is 5.75 Å². The van der Waals surface area contributed by atoms with Crippen LogP contribution in [0.4, 0.5) is 10.4 Å². The number of hydrogen-bond acceptors (Lipinski definition) is 8. The fraction of sp³-hybridized carbons (Fsp3) is 0.583. The first-order valence-electron chi connectivity index (χ1n) is 11.8. The first-order chi connectivity index (χ1) is 16.1. The number of aromatic nitrogens is 4. The molecule has 33 heavy (non-hydrogen) atoms. The molecule has 2 aromatic heterocycles. The predicted molar refractivity (Wildman–Crippen MR) is 124 cm³/mol. The summed E-state index contributed by atoms with van der Waals surface area (Å²) in [5, 5.41) is 12.7. The molecule has 0 N–H and O–H groups in total. The van der Waals surface area contributed by atoms with E-state index < -0.39 is 0 Å². The Morgan fingerprint density at radius 3 is 2.82 bits per heavy atom. The Bertz CT molecular complexity index is 1050. The smallest absolute Gasteiger partial charge is 0.324 e. The first-order valence-corrected chi connectivity index (χ1v) is 12.7. The molecule has 0 spiro atoms. The van der Waals surface area contributed by atoms with Crippen molar-refractivity contribution in [1.29, 1.82) is 0 Å². The lowest BCUT2D eigenvalue weighted by molar-refractivity contribution is 0.281. The number of rotatable bonds is 9. The monoisotopic (exact) mass is 471 g/mol. The lowest BCUT2D eigenvalue weighted by Crippen LogP contribution is -2.34. The summed E-state index contributed by atoms with van der Waals surface area (Å²) in [5.74, 6) is 3.68. The predicted octanol–water partition coefficient (Wildman–Crippen LogP) is 5.10. The number of ether oxygens (including phenoxy) is 1. The first kappa shape index (κ1) is 22.3. The molecule has 5 rings (SSSR count). The number of nitrogens with zero attached hydrogens (tertiary/aromatic N) is 5. The molecule has 3 aromatic rings. The van der Waals surface area contributed by atoms with Gasteiger partial charge in [0.05, 0.1) is 6.61 Å². The lowest BCUT2D eigenvalue weighted by atomic mass is 9.90. The van der Waals surface area contributed by atoms with E-state index in [9.17, 15) is 4.39 Å². The van der Waals surface area contributed by atoms with Crippen molar-refractivity contribution in [1.82, 2.24) is 20.3 Å². The summed E-state index contributed by atoms with van der Waals surface area (Å²) in [5.41, 5.74) is 2.28. The van der Waals surface area contributed by atoms with Crippen LogP contribution in [0.25, 0.3) is 0 Å².